The van der Waals surface area contributed by atoms with Crippen LogP contribution in [-0.2, 0) is 0 Å². The van der Waals surface area contributed by atoms with Gasteiger partial charge >= 0.3 is 0 Å². The van der Waals surface area contributed by atoms with Crippen LogP contribution in [-0.4, -0.2) is 42.2 Å². The summed E-state index contributed by atoms with van der Waals surface area (Å²) in [6.07, 6.45) is 3.19. The fraction of sp³-hybridized carbons (Fsp3) is 0.533. The fourth-order valence-corrected chi connectivity index (χ4v) is 2.89. The van der Waals surface area contributed by atoms with Crippen LogP contribution in [0.15, 0.2) is 18.2 Å². The number of methoxy groups -OCH3 is 1. The van der Waals surface area contributed by atoms with Gasteiger partial charge in [-0.3, -0.25) is 4.79 Å². The summed E-state index contributed by atoms with van der Waals surface area (Å²) in [6.45, 7) is 0. The Kier molecular flexibility index (Phi) is 4.89. The Labute approximate surface area is 124 Å². The number of aliphatic hydroxyl groups is 1. The SMILES string of the molecule is COc1cc(Cl)ccc1C(=O)N(C)C1CCCCC1O. The first-order chi connectivity index (χ1) is 9.54. The summed E-state index contributed by atoms with van der Waals surface area (Å²) < 4.78 is 5.22. The zero-order valence-electron chi connectivity index (χ0n) is 11.8. The molecule has 2 unspecified atom stereocenters. The molecular formula is C15H20ClNO3. The Morgan fingerprint density at radius 2 is 2.10 bits per heavy atom. The number of carbonyl (C=O) groups excluding carboxylic acids is 1. The zero-order valence-corrected chi connectivity index (χ0v) is 12.6. The molecule has 1 aliphatic rings. The van der Waals surface area contributed by atoms with Crippen molar-refractivity contribution in [1.29, 1.82) is 0 Å². The number of halogens is 1. The monoisotopic (exact) mass is 297 g/mol. The van der Waals surface area contributed by atoms with Gasteiger partial charge in [0.2, 0.25) is 0 Å². The second kappa shape index (κ2) is 6.46. The third-order valence-corrected chi connectivity index (χ3v) is 4.14. The summed E-state index contributed by atoms with van der Waals surface area (Å²) in [5, 5.41) is 10.6. The third kappa shape index (κ3) is 3.07. The van der Waals surface area contributed by atoms with E-state index in [1.807, 2.05) is 0 Å². The van der Waals surface area contributed by atoms with E-state index in [0.29, 0.717) is 16.3 Å². The second-order valence-electron chi connectivity index (χ2n) is 5.18. The molecule has 1 fully saturated rings. The van der Waals surface area contributed by atoms with Gasteiger partial charge in [0.05, 0.1) is 24.8 Å². The van der Waals surface area contributed by atoms with E-state index < -0.39 is 6.10 Å². The largest absolute Gasteiger partial charge is 0.496 e. The highest BCUT2D eigenvalue weighted by molar-refractivity contribution is 6.30. The molecule has 0 aliphatic heterocycles. The molecule has 1 aromatic rings. The first-order valence-electron chi connectivity index (χ1n) is 6.83. The predicted molar refractivity (Wildman–Crippen MR) is 78.4 cm³/mol. The van der Waals surface area contributed by atoms with Crippen molar-refractivity contribution in [1.82, 2.24) is 4.90 Å². The van der Waals surface area contributed by atoms with E-state index >= 15 is 0 Å². The highest BCUT2D eigenvalue weighted by atomic mass is 35.5. The molecule has 1 aliphatic carbocycles. The van der Waals surface area contributed by atoms with Gasteiger partial charge in [-0.1, -0.05) is 24.4 Å². The molecule has 0 heterocycles. The van der Waals surface area contributed by atoms with Gasteiger partial charge in [-0.05, 0) is 31.0 Å². The van der Waals surface area contributed by atoms with Crippen LogP contribution < -0.4 is 4.74 Å². The quantitative estimate of drug-likeness (QED) is 0.933. The molecule has 0 aromatic heterocycles. The maximum atomic E-state index is 12.6. The molecule has 2 atom stereocenters. The van der Waals surface area contributed by atoms with Crippen LogP contribution in [0.3, 0.4) is 0 Å². The van der Waals surface area contributed by atoms with Gasteiger partial charge in [-0.25, -0.2) is 0 Å². The van der Waals surface area contributed by atoms with Crippen LogP contribution >= 0.6 is 11.6 Å². The Balaban J connectivity index is 2.22. The highest BCUT2D eigenvalue weighted by Gasteiger charge is 2.30. The molecule has 20 heavy (non-hydrogen) atoms. The van der Waals surface area contributed by atoms with Crippen molar-refractivity contribution >= 4 is 17.5 Å². The molecular weight excluding hydrogens is 278 g/mol. The number of amides is 1. The lowest BCUT2D eigenvalue weighted by molar-refractivity contribution is 0.0266. The van der Waals surface area contributed by atoms with Gasteiger partial charge in [0.1, 0.15) is 5.75 Å². The van der Waals surface area contributed by atoms with E-state index in [2.05, 4.69) is 0 Å². The van der Waals surface area contributed by atoms with Gasteiger partial charge in [0, 0.05) is 12.1 Å². The lowest BCUT2D eigenvalue weighted by Crippen LogP contribution is -2.46. The first-order valence-corrected chi connectivity index (χ1v) is 7.21. The first kappa shape index (κ1) is 15.1. The summed E-state index contributed by atoms with van der Waals surface area (Å²) in [6, 6.07) is 4.83. The lowest BCUT2D eigenvalue weighted by atomic mass is 9.91. The van der Waals surface area contributed by atoms with Crippen molar-refractivity contribution in [2.75, 3.05) is 14.2 Å². The van der Waals surface area contributed by atoms with Crippen molar-refractivity contribution in [3.05, 3.63) is 28.8 Å². The minimum atomic E-state index is -0.448. The van der Waals surface area contributed by atoms with Crippen LogP contribution in [0.2, 0.25) is 5.02 Å². The van der Waals surface area contributed by atoms with Crippen molar-refractivity contribution in [3.63, 3.8) is 0 Å². The summed E-state index contributed by atoms with van der Waals surface area (Å²) in [5.41, 5.74) is 0.470. The molecule has 1 aromatic carbocycles. The Morgan fingerprint density at radius 3 is 2.75 bits per heavy atom. The van der Waals surface area contributed by atoms with E-state index in [1.54, 1.807) is 30.1 Å². The van der Waals surface area contributed by atoms with E-state index in [0.717, 1.165) is 25.7 Å². The van der Waals surface area contributed by atoms with Crippen LogP contribution in [0.4, 0.5) is 0 Å². The lowest BCUT2D eigenvalue weighted by Gasteiger charge is -2.35. The molecule has 5 heteroatoms. The Bertz CT molecular complexity index is 492. The molecule has 1 saturated carbocycles. The maximum absolute atomic E-state index is 12.6. The zero-order chi connectivity index (χ0) is 14.7. The molecule has 0 radical (unpaired) electrons. The van der Waals surface area contributed by atoms with Crippen LogP contribution in [0.5, 0.6) is 5.75 Å². The van der Waals surface area contributed by atoms with E-state index in [9.17, 15) is 9.90 Å². The Hall–Kier alpha value is -1.26. The summed E-state index contributed by atoms with van der Waals surface area (Å²) in [5.74, 6) is 0.309. The average molecular weight is 298 g/mol. The van der Waals surface area contributed by atoms with E-state index in [-0.39, 0.29) is 11.9 Å². The number of benzene rings is 1. The van der Waals surface area contributed by atoms with Gasteiger partial charge < -0.3 is 14.7 Å². The molecule has 1 amide bonds. The van der Waals surface area contributed by atoms with Gasteiger partial charge in [0.25, 0.3) is 5.91 Å². The highest BCUT2D eigenvalue weighted by Crippen LogP contribution is 2.27. The third-order valence-electron chi connectivity index (χ3n) is 3.91. The molecule has 0 spiro atoms. The molecule has 110 valence electrons. The standard InChI is InChI=1S/C15H20ClNO3/c1-17(12-5-3-4-6-13(12)18)15(19)11-8-7-10(16)9-14(11)20-2/h7-9,12-13,18H,3-6H2,1-2H3. The molecule has 0 saturated heterocycles. The van der Waals surface area contributed by atoms with Crippen molar-refractivity contribution in [2.24, 2.45) is 0 Å². The topological polar surface area (TPSA) is 49.8 Å². The molecule has 1 N–H and O–H groups in total. The molecule has 0 bridgehead atoms. The minimum absolute atomic E-state index is 0.128. The van der Waals surface area contributed by atoms with E-state index in [1.165, 1.54) is 7.11 Å². The van der Waals surface area contributed by atoms with Crippen LogP contribution in [0.1, 0.15) is 36.0 Å². The summed E-state index contributed by atoms with van der Waals surface area (Å²) >= 11 is 5.91. The number of aliphatic hydroxyl groups excluding tert-OH is 1. The number of hydrogen-bond donors (Lipinski definition) is 1. The summed E-state index contributed by atoms with van der Waals surface area (Å²) in [7, 11) is 3.24. The van der Waals surface area contributed by atoms with Crippen molar-refractivity contribution < 1.29 is 14.6 Å². The van der Waals surface area contributed by atoms with Gasteiger partial charge in [-0.2, -0.15) is 0 Å². The average Bonchev–Trinajstić information content (AvgIpc) is 2.46. The van der Waals surface area contributed by atoms with Crippen molar-refractivity contribution in [2.45, 2.75) is 37.8 Å². The number of likely N-dealkylation sites (N-methyl/N-ethyl adjacent to an activating group) is 1. The summed E-state index contributed by atoms with van der Waals surface area (Å²) in [4.78, 5) is 14.2. The number of hydrogen-bond acceptors (Lipinski definition) is 3. The van der Waals surface area contributed by atoms with Gasteiger partial charge in [0.15, 0.2) is 0 Å². The van der Waals surface area contributed by atoms with Crippen LogP contribution in [0, 0.1) is 0 Å². The predicted octanol–water partition coefficient (Wildman–Crippen LogP) is 2.72. The smallest absolute Gasteiger partial charge is 0.257 e. The molecule has 4 nitrogen and oxygen atoms in total. The van der Waals surface area contributed by atoms with Gasteiger partial charge in [-0.15, -0.1) is 0 Å². The number of rotatable bonds is 3. The second-order valence-corrected chi connectivity index (χ2v) is 5.62. The molecule has 2 rings (SSSR count). The van der Waals surface area contributed by atoms with Crippen molar-refractivity contribution in [3.8, 4) is 5.75 Å². The fourth-order valence-electron chi connectivity index (χ4n) is 2.73. The number of nitrogens with zero attached hydrogens (tertiary/aromatic N) is 1. The Morgan fingerprint density at radius 1 is 1.40 bits per heavy atom. The normalized spacial score (nSPS) is 22.4. The number of carbonyl (C=O) groups is 1. The minimum Gasteiger partial charge on any atom is -0.496 e. The maximum Gasteiger partial charge on any atom is 0.257 e. The van der Waals surface area contributed by atoms with E-state index in [4.69, 9.17) is 16.3 Å². The number of ether oxygens (including phenoxy) is 1. The van der Waals surface area contributed by atoms with Crippen LogP contribution in [0.25, 0.3) is 0 Å².